The van der Waals surface area contributed by atoms with Gasteiger partial charge in [0.15, 0.2) is 0 Å². The van der Waals surface area contributed by atoms with Gasteiger partial charge in [0.2, 0.25) is 0 Å². The zero-order valence-electron chi connectivity index (χ0n) is 22.1. The minimum Gasteiger partial charge on any atom is -0.464 e. The van der Waals surface area contributed by atoms with Crippen LogP contribution in [0.25, 0.3) is 11.0 Å². The molecule has 1 unspecified atom stereocenters. The van der Waals surface area contributed by atoms with Gasteiger partial charge in [0.25, 0.3) is 0 Å². The molecule has 2 bridgehead atoms. The van der Waals surface area contributed by atoms with Gasteiger partial charge in [-0.3, -0.25) is 0 Å². The molecule has 2 heterocycles. The van der Waals surface area contributed by atoms with Gasteiger partial charge in [-0.25, -0.2) is 0 Å². The number of fused-ring (bicyclic) bond motifs is 1. The number of hydrogen-bond donors (Lipinski definition) is 0. The van der Waals surface area contributed by atoms with Crippen LogP contribution in [0.5, 0.6) is 0 Å². The molecular weight excluding hydrogens is 441 g/mol. The van der Waals surface area contributed by atoms with Crippen LogP contribution in [0.2, 0.25) is 39.3 Å². The molecule has 1 saturated heterocycles. The monoisotopic (exact) mass is 483 g/mol. The minimum atomic E-state index is -1.66. The summed E-state index contributed by atoms with van der Waals surface area (Å²) in [7, 11) is -3.51. The molecule has 0 radical (unpaired) electrons. The molecule has 2 aromatic rings. The van der Waals surface area contributed by atoms with Crippen molar-refractivity contribution in [3.8, 4) is 0 Å². The Morgan fingerprint density at radius 2 is 1.70 bits per heavy atom. The van der Waals surface area contributed by atoms with E-state index in [-0.39, 0.29) is 24.8 Å². The van der Waals surface area contributed by atoms with Gasteiger partial charge in [0.05, 0.1) is 18.0 Å². The molecule has 0 amide bonds. The second kappa shape index (κ2) is 7.57. The Labute approximate surface area is 202 Å². The molecule has 4 nitrogen and oxygen atoms in total. The number of para-hydroxylation sites is 1. The summed E-state index contributed by atoms with van der Waals surface area (Å²) in [4.78, 5) is 0. The van der Waals surface area contributed by atoms with Gasteiger partial charge < -0.3 is 18.0 Å². The molecule has 0 N–H and O–H groups in total. The fourth-order valence-electron chi connectivity index (χ4n) is 7.79. The number of hydrogen-bond acceptors (Lipinski definition) is 4. The van der Waals surface area contributed by atoms with Crippen molar-refractivity contribution in [1.29, 1.82) is 0 Å². The predicted molar refractivity (Wildman–Crippen MR) is 142 cm³/mol. The van der Waals surface area contributed by atoms with Gasteiger partial charge >= 0.3 is 7.12 Å². The molecule has 1 aliphatic heterocycles. The van der Waals surface area contributed by atoms with E-state index in [1.54, 1.807) is 0 Å². The van der Waals surface area contributed by atoms with Crippen LogP contribution in [0.3, 0.4) is 0 Å². The molecule has 5 atom stereocenters. The van der Waals surface area contributed by atoms with Gasteiger partial charge in [-0.2, -0.15) is 0 Å². The maximum Gasteiger partial charge on any atom is 0.475 e. The van der Waals surface area contributed by atoms with Crippen LogP contribution in [-0.4, -0.2) is 45.5 Å². The standard InChI is InChI=1S/C26H42BNO3Si2/c1-25(2)19-15-22(25)26(3)23(16-19)30-27(31-26)24(28(32(4,5)6)33(7,8)9)14-18-17-29-21-13-11-10-12-20(18)21/h10-13,17,19,22-24H,14-16H2,1-9H3/t19-,22-,23+,24?,26-/m0/s1. The van der Waals surface area contributed by atoms with Crippen molar-refractivity contribution in [2.24, 2.45) is 17.3 Å². The maximum absolute atomic E-state index is 7.08. The van der Waals surface area contributed by atoms with Crippen molar-refractivity contribution >= 4 is 34.6 Å². The molecular formula is C26H42BNO3Si2. The molecule has 1 aromatic heterocycles. The first-order valence-electron chi connectivity index (χ1n) is 12.8. The lowest BCUT2D eigenvalue weighted by atomic mass is 9.43. The minimum absolute atomic E-state index is 0.176. The van der Waals surface area contributed by atoms with Crippen molar-refractivity contribution in [2.45, 2.75) is 97.0 Å². The third-order valence-corrected chi connectivity index (χ3v) is 16.6. The summed E-state index contributed by atoms with van der Waals surface area (Å²) in [6, 6.07) is 8.41. The lowest BCUT2D eigenvalue weighted by Gasteiger charge is -2.64. The van der Waals surface area contributed by atoms with Crippen molar-refractivity contribution < 1.29 is 13.7 Å². The van der Waals surface area contributed by atoms with Crippen molar-refractivity contribution in [2.75, 3.05) is 0 Å². The van der Waals surface area contributed by atoms with Crippen LogP contribution in [0.4, 0.5) is 0 Å². The Hall–Kier alpha value is -0.861. The van der Waals surface area contributed by atoms with Gasteiger partial charge in [0, 0.05) is 11.3 Å². The summed E-state index contributed by atoms with van der Waals surface area (Å²) >= 11 is 0. The highest BCUT2D eigenvalue weighted by atomic mass is 28.4. The Kier molecular flexibility index (Phi) is 5.47. The number of nitrogens with zero attached hydrogens (tertiary/aromatic N) is 1. The van der Waals surface area contributed by atoms with E-state index in [2.05, 4.69) is 82.5 Å². The maximum atomic E-state index is 7.08. The third-order valence-electron chi connectivity index (χ3n) is 9.05. The van der Waals surface area contributed by atoms with E-state index in [1.807, 2.05) is 12.3 Å². The second-order valence-corrected chi connectivity index (χ2v) is 23.7. The summed E-state index contributed by atoms with van der Waals surface area (Å²) in [5, 5.41) is 1.22. The van der Waals surface area contributed by atoms with Crippen molar-refractivity contribution in [3.05, 3.63) is 36.1 Å². The number of rotatable bonds is 6. The number of furan rings is 1. The topological polar surface area (TPSA) is 34.8 Å². The summed E-state index contributed by atoms with van der Waals surface area (Å²) < 4.78 is 22.8. The smallest absolute Gasteiger partial charge is 0.464 e. The summed E-state index contributed by atoms with van der Waals surface area (Å²) in [5.74, 6) is 1.55. The molecule has 180 valence electrons. The highest BCUT2D eigenvalue weighted by Gasteiger charge is 2.69. The van der Waals surface area contributed by atoms with Crippen LogP contribution < -0.4 is 0 Å². The molecule has 33 heavy (non-hydrogen) atoms. The van der Waals surface area contributed by atoms with Crippen LogP contribution in [0.15, 0.2) is 34.9 Å². The van der Waals surface area contributed by atoms with Gasteiger partial charge in [-0.1, -0.05) is 71.3 Å². The normalized spacial score (nSPS) is 32.2. The summed E-state index contributed by atoms with van der Waals surface area (Å²) in [5.41, 5.74) is 2.42. The van der Waals surface area contributed by atoms with Gasteiger partial charge in [-0.05, 0) is 55.1 Å². The lowest BCUT2D eigenvalue weighted by Crippen LogP contribution is -2.68. The van der Waals surface area contributed by atoms with Gasteiger partial charge in [-0.15, -0.1) is 0 Å². The predicted octanol–water partition coefficient (Wildman–Crippen LogP) is 6.58. The summed E-state index contributed by atoms with van der Waals surface area (Å²) in [6.07, 6.45) is 5.51. The van der Waals surface area contributed by atoms with E-state index in [4.69, 9.17) is 13.7 Å². The van der Waals surface area contributed by atoms with Crippen LogP contribution in [0, 0.1) is 17.3 Å². The van der Waals surface area contributed by atoms with E-state index < -0.39 is 16.5 Å². The SMILES string of the molecule is CC1(C)[C@@H]2C[C@H]3OB(C(Cc4coc5ccccc45)N([Si](C)(C)C)[Si](C)(C)C)O[C@@]3(C)[C@H]1C2. The highest BCUT2D eigenvalue weighted by molar-refractivity contribution is 6.90. The Bertz CT molecular complexity index is 1030. The second-order valence-electron chi connectivity index (χ2n) is 13.6. The Balaban J connectivity index is 1.53. The lowest BCUT2D eigenvalue weighted by molar-refractivity contribution is -0.199. The first-order valence-corrected chi connectivity index (χ1v) is 19.7. The van der Waals surface area contributed by atoms with Crippen molar-refractivity contribution in [1.82, 2.24) is 4.23 Å². The third kappa shape index (κ3) is 3.73. The van der Waals surface area contributed by atoms with Crippen LogP contribution in [0.1, 0.15) is 39.2 Å². The molecule has 1 aromatic carbocycles. The zero-order chi connectivity index (χ0) is 24.0. The number of benzene rings is 1. The van der Waals surface area contributed by atoms with Gasteiger partial charge in [0.1, 0.15) is 22.1 Å². The first kappa shape index (κ1) is 23.9. The molecule has 6 rings (SSSR count). The Morgan fingerprint density at radius 3 is 2.33 bits per heavy atom. The largest absolute Gasteiger partial charge is 0.475 e. The molecule has 7 heteroatoms. The fraction of sp³-hybridized carbons (Fsp3) is 0.692. The van der Waals surface area contributed by atoms with E-state index in [0.29, 0.717) is 11.3 Å². The molecule has 4 fully saturated rings. The van der Waals surface area contributed by atoms with Crippen molar-refractivity contribution in [3.63, 3.8) is 0 Å². The average Bonchev–Trinajstić information content (AvgIpc) is 3.25. The highest BCUT2D eigenvalue weighted by Crippen LogP contribution is 2.66. The molecule has 4 aliphatic rings. The molecule has 0 spiro atoms. The van der Waals surface area contributed by atoms with Crippen LogP contribution in [-0.2, 0) is 15.7 Å². The van der Waals surface area contributed by atoms with E-state index in [0.717, 1.165) is 24.3 Å². The van der Waals surface area contributed by atoms with E-state index in [1.165, 1.54) is 17.4 Å². The first-order chi connectivity index (χ1) is 15.2. The zero-order valence-corrected chi connectivity index (χ0v) is 24.1. The molecule has 3 aliphatic carbocycles. The van der Waals surface area contributed by atoms with E-state index >= 15 is 0 Å². The average molecular weight is 484 g/mol. The van der Waals surface area contributed by atoms with Crippen LogP contribution >= 0.6 is 0 Å². The molecule has 3 saturated carbocycles. The fourth-order valence-corrected chi connectivity index (χ4v) is 18.3. The van der Waals surface area contributed by atoms with E-state index in [9.17, 15) is 0 Å². The summed E-state index contributed by atoms with van der Waals surface area (Å²) in [6.45, 7) is 22.1. The Morgan fingerprint density at radius 1 is 1.03 bits per heavy atom. The quantitative estimate of drug-likeness (QED) is 0.435.